The summed E-state index contributed by atoms with van der Waals surface area (Å²) in [5, 5.41) is 2.87. The van der Waals surface area contributed by atoms with Gasteiger partial charge < -0.3 is 11.1 Å². The summed E-state index contributed by atoms with van der Waals surface area (Å²) in [4.78, 5) is 25.7. The number of allylic oxidation sites excluding steroid dienone is 1. The van der Waals surface area contributed by atoms with Gasteiger partial charge in [-0.2, -0.15) is 0 Å². The molecule has 3 N–H and O–H groups in total. The van der Waals surface area contributed by atoms with Gasteiger partial charge in [0.15, 0.2) is 0 Å². The highest BCUT2D eigenvalue weighted by molar-refractivity contribution is 6.01. The molecular formula is C24H19N3O2. The van der Waals surface area contributed by atoms with E-state index in [1.165, 1.54) is 10.5 Å². The molecule has 29 heavy (non-hydrogen) atoms. The van der Waals surface area contributed by atoms with E-state index in [9.17, 15) is 9.59 Å². The Morgan fingerprint density at radius 1 is 0.966 bits per heavy atom. The summed E-state index contributed by atoms with van der Waals surface area (Å²) in [5.74, 6) is -0.0379. The first kappa shape index (κ1) is 17.3. The number of hydrogen-bond donors (Lipinski definition) is 2. The topological polar surface area (TPSA) is 75.4 Å². The number of carbonyl (C=O) groups is 2. The Bertz CT molecular complexity index is 1180. The molecule has 0 saturated heterocycles. The molecule has 0 atom stereocenters. The number of urea groups is 1. The Kier molecular flexibility index (Phi) is 3.95. The summed E-state index contributed by atoms with van der Waals surface area (Å²) in [6.45, 7) is 0.530. The van der Waals surface area contributed by atoms with Crippen LogP contribution in [0.3, 0.4) is 0 Å². The Labute approximate surface area is 168 Å². The molecule has 5 heteroatoms. The second-order valence-electron chi connectivity index (χ2n) is 7.22. The summed E-state index contributed by atoms with van der Waals surface area (Å²) in [6.07, 6.45) is 5.09. The van der Waals surface area contributed by atoms with E-state index < -0.39 is 6.03 Å². The Balaban J connectivity index is 1.51. The lowest BCUT2D eigenvalue weighted by atomic mass is 9.96. The molecule has 0 spiro atoms. The predicted octanol–water partition coefficient (Wildman–Crippen LogP) is 4.38. The lowest BCUT2D eigenvalue weighted by Gasteiger charge is -2.22. The van der Waals surface area contributed by atoms with Gasteiger partial charge >= 0.3 is 6.03 Å². The monoisotopic (exact) mass is 381 g/mol. The van der Waals surface area contributed by atoms with Gasteiger partial charge in [0.25, 0.3) is 5.91 Å². The maximum absolute atomic E-state index is 12.2. The molecule has 0 unspecified atom stereocenters. The highest BCUT2D eigenvalue weighted by Crippen LogP contribution is 2.33. The summed E-state index contributed by atoms with van der Waals surface area (Å²) in [7, 11) is 0. The number of amides is 3. The van der Waals surface area contributed by atoms with Crippen molar-refractivity contribution in [3.63, 3.8) is 0 Å². The lowest BCUT2D eigenvalue weighted by Crippen LogP contribution is -2.31. The van der Waals surface area contributed by atoms with Crippen LogP contribution in [-0.2, 0) is 13.0 Å². The molecule has 142 valence electrons. The quantitative estimate of drug-likeness (QED) is 0.706. The Hall–Kier alpha value is -3.86. The van der Waals surface area contributed by atoms with Crippen molar-refractivity contribution in [1.29, 1.82) is 0 Å². The number of hydrogen-bond acceptors (Lipinski definition) is 2. The molecule has 1 aliphatic heterocycles. The number of nitrogens with two attached hydrogens (primary N) is 1. The van der Waals surface area contributed by atoms with Gasteiger partial charge in [0.2, 0.25) is 0 Å². The van der Waals surface area contributed by atoms with Crippen molar-refractivity contribution in [2.75, 3.05) is 4.90 Å². The van der Waals surface area contributed by atoms with E-state index in [4.69, 9.17) is 5.73 Å². The van der Waals surface area contributed by atoms with E-state index in [-0.39, 0.29) is 5.91 Å². The predicted molar refractivity (Wildman–Crippen MR) is 114 cm³/mol. The molecule has 0 fully saturated rings. The molecule has 1 heterocycles. The maximum atomic E-state index is 12.2. The molecule has 0 radical (unpaired) electrons. The first-order valence-electron chi connectivity index (χ1n) is 9.51. The first-order valence-corrected chi connectivity index (χ1v) is 9.51. The normalized spacial score (nSPS) is 13.7. The highest BCUT2D eigenvalue weighted by atomic mass is 16.2. The largest absolute Gasteiger partial charge is 0.351 e. The van der Waals surface area contributed by atoms with Gasteiger partial charge in [0.1, 0.15) is 0 Å². The van der Waals surface area contributed by atoms with E-state index in [1.807, 2.05) is 60.7 Å². The van der Waals surface area contributed by atoms with Crippen LogP contribution in [0, 0.1) is 0 Å². The van der Waals surface area contributed by atoms with Crippen molar-refractivity contribution in [2.24, 2.45) is 5.73 Å². The second kappa shape index (κ2) is 6.63. The van der Waals surface area contributed by atoms with E-state index in [2.05, 4.69) is 17.5 Å². The average Bonchev–Trinajstić information content (AvgIpc) is 3.35. The molecule has 0 saturated carbocycles. The maximum Gasteiger partial charge on any atom is 0.323 e. The Morgan fingerprint density at radius 2 is 1.72 bits per heavy atom. The molecule has 5 rings (SSSR count). The van der Waals surface area contributed by atoms with E-state index in [0.717, 1.165) is 39.9 Å². The number of rotatable bonds is 3. The minimum Gasteiger partial charge on any atom is -0.351 e. The fraction of sp³-hybridized carbons (Fsp3) is 0.0833. The third kappa shape index (κ3) is 2.88. The molecule has 2 aliphatic rings. The van der Waals surface area contributed by atoms with Crippen LogP contribution in [0.1, 0.15) is 27.0 Å². The number of benzene rings is 3. The minimum absolute atomic E-state index is 0.0379. The van der Waals surface area contributed by atoms with Crippen molar-refractivity contribution in [3.8, 4) is 11.1 Å². The van der Waals surface area contributed by atoms with Crippen molar-refractivity contribution >= 4 is 29.4 Å². The zero-order valence-electron chi connectivity index (χ0n) is 15.7. The van der Waals surface area contributed by atoms with E-state index >= 15 is 0 Å². The van der Waals surface area contributed by atoms with Crippen LogP contribution in [0.2, 0.25) is 0 Å². The SMILES string of the molecule is NC(=O)N(c1ccc(-c2cccc3c2CNC3=O)cc1)c1ccc2c(c1)C=CC2. The van der Waals surface area contributed by atoms with Crippen molar-refractivity contribution in [1.82, 2.24) is 5.32 Å². The number of fused-ring (bicyclic) bond motifs is 2. The number of carbonyl (C=O) groups excluding carboxylic acids is 2. The fourth-order valence-corrected chi connectivity index (χ4v) is 4.09. The molecule has 0 bridgehead atoms. The van der Waals surface area contributed by atoms with Crippen LogP contribution in [-0.4, -0.2) is 11.9 Å². The standard InChI is InChI=1S/C24H19N3O2/c25-24(29)27(19-12-7-15-3-1-4-17(15)13-19)18-10-8-16(9-11-18)20-5-2-6-21-22(20)14-26-23(21)28/h1-2,4-13H,3,14H2,(H2,25,29)(H,26,28). The van der Waals surface area contributed by atoms with Crippen LogP contribution in [0.15, 0.2) is 66.7 Å². The van der Waals surface area contributed by atoms with Crippen molar-refractivity contribution < 1.29 is 9.59 Å². The average molecular weight is 381 g/mol. The first-order chi connectivity index (χ1) is 14.1. The molecule has 1 aliphatic carbocycles. The molecule has 5 nitrogen and oxygen atoms in total. The zero-order chi connectivity index (χ0) is 20.0. The van der Waals surface area contributed by atoms with Crippen molar-refractivity contribution in [2.45, 2.75) is 13.0 Å². The summed E-state index contributed by atoms with van der Waals surface area (Å²) >= 11 is 0. The number of nitrogens with zero attached hydrogens (tertiary/aromatic N) is 1. The van der Waals surface area contributed by atoms with Crippen LogP contribution in [0.5, 0.6) is 0 Å². The number of nitrogens with one attached hydrogen (secondary N) is 1. The number of anilines is 2. The molecule has 3 aromatic rings. The van der Waals surface area contributed by atoms with Gasteiger partial charge in [0, 0.05) is 12.1 Å². The van der Waals surface area contributed by atoms with Gasteiger partial charge in [0.05, 0.1) is 11.4 Å². The van der Waals surface area contributed by atoms with Crippen LogP contribution in [0.25, 0.3) is 17.2 Å². The van der Waals surface area contributed by atoms with E-state index in [0.29, 0.717) is 12.2 Å². The zero-order valence-corrected chi connectivity index (χ0v) is 15.7. The number of primary amides is 1. The van der Waals surface area contributed by atoms with Crippen LogP contribution in [0.4, 0.5) is 16.2 Å². The second-order valence-corrected chi connectivity index (χ2v) is 7.22. The van der Waals surface area contributed by atoms with Crippen molar-refractivity contribution in [3.05, 3.63) is 89.0 Å². The van der Waals surface area contributed by atoms with Crippen LogP contribution < -0.4 is 16.0 Å². The van der Waals surface area contributed by atoms with Gasteiger partial charge in [-0.1, -0.05) is 42.5 Å². The third-order valence-electron chi connectivity index (χ3n) is 5.53. The van der Waals surface area contributed by atoms with Gasteiger partial charge in [-0.25, -0.2) is 4.79 Å². The van der Waals surface area contributed by atoms with Gasteiger partial charge in [-0.05, 0) is 64.6 Å². The van der Waals surface area contributed by atoms with E-state index in [1.54, 1.807) is 0 Å². The van der Waals surface area contributed by atoms with Gasteiger partial charge in [-0.3, -0.25) is 9.69 Å². The fourth-order valence-electron chi connectivity index (χ4n) is 4.09. The highest BCUT2D eigenvalue weighted by Gasteiger charge is 2.22. The minimum atomic E-state index is -0.532. The summed E-state index contributed by atoms with van der Waals surface area (Å²) < 4.78 is 0. The lowest BCUT2D eigenvalue weighted by molar-refractivity contribution is 0.0965. The molecule has 3 amide bonds. The summed E-state index contributed by atoms with van der Waals surface area (Å²) in [5.41, 5.74) is 13.2. The molecule has 0 aromatic heterocycles. The molecule has 3 aromatic carbocycles. The van der Waals surface area contributed by atoms with Gasteiger partial charge in [-0.15, -0.1) is 0 Å². The Morgan fingerprint density at radius 3 is 2.52 bits per heavy atom. The molecular weight excluding hydrogens is 362 g/mol. The summed E-state index contributed by atoms with van der Waals surface area (Å²) in [6, 6.07) is 18.8. The third-order valence-corrected chi connectivity index (χ3v) is 5.53. The van der Waals surface area contributed by atoms with Crippen LogP contribution >= 0.6 is 0 Å². The smallest absolute Gasteiger partial charge is 0.323 e.